The Morgan fingerprint density at radius 1 is 1.22 bits per heavy atom. The third-order valence-electron chi connectivity index (χ3n) is 5.48. The summed E-state index contributed by atoms with van der Waals surface area (Å²) in [6.07, 6.45) is 6.12. The number of aromatic nitrogens is 4. The van der Waals surface area contributed by atoms with Crippen molar-refractivity contribution in [3.8, 4) is 6.07 Å². The topological polar surface area (TPSA) is 62.1 Å². The third kappa shape index (κ3) is 2.47. The molecular weight excluding hydrogens is 336 g/mol. The van der Waals surface area contributed by atoms with E-state index in [1.807, 2.05) is 43.6 Å². The minimum Gasteiger partial charge on any atom is -0.356 e. The van der Waals surface area contributed by atoms with Crippen LogP contribution in [0.15, 0.2) is 48.8 Å². The average molecular weight is 356 g/mol. The predicted molar refractivity (Wildman–Crippen MR) is 105 cm³/mol. The molecule has 27 heavy (non-hydrogen) atoms. The number of hydrogen-bond acceptors (Lipinski definition) is 4. The Kier molecular flexibility index (Phi) is 3.61. The molecule has 1 aliphatic heterocycles. The molecular formula is C21H20N6. The molecule has 4 heterocycles. The zero-order valence-corrected chi connectivity index (χ0v) is 15.2. The maximum Gasteiger partial charge on any atom is 0.157 e. The van der Waals surface area contributed by atoms with Crippen molar-refractivity contribution < 1.29 is 0 Å². The van der Waals surface area contributed by atoms with E-state index in [1.54, 1.807) is 0 Å². The lowest BCUT2D eigenvalue weighted by Gasteiger charge is -2.35. The highest BCUT2D eigenvalue weighted by Gasteiger charge is 2.25. The number of hydrogen-bond donors (Lipinski definition) is 0. The van der Waals surface area contributed by atoms with Crippen molar-refractivity contribution in [3.05, 3.63) is 59.9 Å². The summed E-state index contributed by atoms with van der Waals surface area (Å²) in [6, 6.07) is 14.9. The van der Waals surface area contributed by atoms with Gasteiger partial charge in [0.2, 0.25) is 0 Å². The van der Waals surface area contributed by atoms with Crippen LogP contribution in [0.4, 0.5) is 5.82 Å². The van der Waals surface area contributed by atoms with Crippen molar-refractivity contribution in [1.29, 1.82) is 5.26 Å². The maximum absolute atomic E-state index is 9.68. The molecule has 0 radical (unpaired) electrons. The lowest BCUT2D eigenvalue weighted by Crippen LogP contribution is -2.37. The highest BCUT2D eigenvalue weighted by atomic mass is 15.3. The summed E-state index contributed by atoms with van der Waals surface area (Å²) in [4.78, 5) is 7.18. The second-order valence-electron chi connectivity index (χ2n) is 7.16. The van der Waals surface area contributed by atoms with Crippen LogP contribution in [0.5, 0.6) is 0 Å². The summed E-state index contributed by atoms with van der Waals surface area (Å²) >= 11 is 0. The number of nitriles is 1. The van der Waals surface area contributed by atoms with Crippen molar-refractivity contribution in [2.75, 3.05) is 18.0 Å². The first-order valence-electron chi connectivity index (χ1n) is 9.31. The Bertz CT molecular complexity index is 1170. The Balaban J connectivity index is 1.70. The Morgan fingerprint density at radius 2 is 2.11 bits per heavy atom. The average Bonchev–Trinajstić information content (AvgIpc) is 3.35. The molecule has 3 aromatic heterocycles. The van der Waals surface area contributed by atoms with Gasteiger partial charge in [-0.25, -0.2) is 4.98 Å². The van der Waals surface area contributed by atoms with Gasteiger partial charge in [-0.3, -0.25) is 9.08 Å². The Morgan fingerprint density at radius 3 is 2.93 bits per heavy atom. The van der Waals surface area contributed by atoms with Crippen LogP contribution in [0.3, 0.4) is 0 Å². The molecule has 5 rings (SSSR count). The van der Waals surface area contributed by atoms with Crippen LogP contribution in [-0.2, 0) is 0 Å². The molecule has 1 saturated heterocycles. The van der Waals surface area contributed by atoms with Crippen molar-refractivity contribution in [2.45, 2.75) is 25.8 Å². The predicted octanol–water partition coefficient (Wildman–Crippen LogP) is 3.71. The maximum atomic E-state index is 9.68. The molecule has 6 nitrogen and oxygen atoms in total. The number of rotatable bonds is 2. The van der Waals surface area contributed by atoms with E-state index in [2.05, 4.69) is 37.3 Å². The molecule has 134 valence electrons. The molecule has 1 fully saturated rings. The molecule has 4 aromatic rings. The molecule has 1 aromatic carbocycles. The fraction of sp³-hybridized carbons (Fsp3) is 0.286. The first-order valence-corrected chi connectivity index (χ1v) is 9.31. The van der Waals surface area contributed by atoms with Crippen LogP contribution in [0.1, 0.15) is 30.0 Å². The van der Waals surface area contributed by atoms with Gasteiger partial charge in [0, 0.05) is 25.5 Å². The normalized spacial score (nSPS) is 17.5. The quantitative estimate of drug-likeness (QED) is 0.549. The van der Waals surface area contributed by atoms with Crippen LogP contribution in [-0.4, -0.2) is 32.3 Å². The van der Waals surface area contributed by atoms with Crippen molar-refractivity contribution >= 4 is 22.5 Å². The molecule has 0 bridgehead atoms. The zero-order chi connectivity index (χ0) is 18.4. The van der Waals surface area contributed by atoms with Gasteiger partial charge in [0.15, 0.2) is 5.65 Å². The summed E-state index contributed by atoms with van der Waals surface area (Å²) in [5.74, 6) is 1.10. The SMILES string of the molecule is Cc1cc(N2CCCC(n3cccn3)C2)n2c(nc3ccccc32)c1C#N. The monoisotopic (exact) mass is 356 g/mol. The molecule has 1 atom stereocenters. The summed E-state index contributed by atoms with van der Waals surface area (Å²) in [7, 11) is 0. The number of aryl methyl sites for hydroxylation is 1. The Hall–Kier alpha value is -3.33. The number of benzene rings is 1. The summed E-state index contributed by atoms with van der Waals surface area (Å²) < 4.78 is 4.21. The van der Waals surface area contributed by atoms with E-state index in [0.29, 0.717) is 11.6 Å². The molecule has 0 spiro atoms. The van der Waals surface area contributed by atoms with E-state index in [0.717, 1.165) is 54.0 Å². The number of fused-ring (bicyclic) bond motifs is 3. The molecule has 0 amide bonds. The van der Waals surface area contributed by atoms with Gasteiger partial charge < -0.3 is 4.90 Å². The lowest BCUT2D eigenvalue weighted by molar-refractivity contribution is 0.374. The van der Waals surface area contributed by atoms with Gasteiger partial charge in [-0.2, -0.15) is 10.4 Å². The minimum absolute atomic E-state index is 0.356. The standard InChI is InChI=1S/C21H20N6/c1-15-12-20(25-10-4-6-16(14-25)26-11-5-9-23-26)27-19-8-3-2-7-18(19)24-21(27)17(15)13-22/h2-3,5,7-9,11-12,16H,4,6,10,14H2,1H3. The van der Waals surface area contributed by atoms with E-state index in [4.69, 9.17) is 4.98 Å². The minimum atomic E-state index is 0.356. The molecule has 0 saturated carbocycles. The molecule has 1 aliphatic rings. The number of piperidine rings is 1. The fourth-order valence-corrected chi connectivity index (χ4v) is 4.18. The first kappa shape index (κ1) is 15.9. The zero-order valence-electron chi connectivity index (χ0n) is 15.2. The molecule has 6 heteroatoms. The molecule has 1 unspecified atom stereocenters. The third-order valence-corrected chi connectivity index (χ3v) is 5.48. The van der Waals surface area contributed by atoms with E-state index in [9.17, 15) is 5.26 Å². The van der Waals surface area contributed by atoms with Gasteiger partial charge in [0.25, 0.3) is 0 Å². The number of pyridine rings is 1. The summed E-state index contributed by atoms with van der Waals surface area (Å²) in [5.41, 5.74) is 4.32. The van der Waals surface area contributed by atoms with E-state index >= 15 is 0 Å². The number of imidazole rings is 1. The van der Waals surface area contributed by atoms with Gasteiger partial charge in [-0.05, 0) is 49.6 Å². The van der Waals surface area contributed by atoms with Crippen LogP contribution in [0, 0.1) is 18.3 Å². The first-order chi connectivity index (χ1) is 13.3. The van der Waals surface area contributed by atoms with Crippen LogP contribution in [0.2, 0.25) is 0 Å². The number of nitrogens with zero attached hydrogens (tertiary/aromatic N) is 6. The van der Waals surface area contributed by atoms with Crippen LogP contribution < -0.4 is 4.90 Å². The van der Waals surface area contributed by atoms with E-state index < -0.39 is 0 Å². The smallest absolute Gasteiger partial charge is 0.157 e. The van der Waals surface area contributed by atoms with Crippen molar-refractivity contribution in [2.24, 2.45) is 0 Å². The highest BCUT2D eigenvalue weighted by Crippen LogP contribution is 2.32. The summed E-state index contributed by atoms with van der Waals surface area (Å²) in [5, 5.41) is 14.1. The van der Waals surface area contributed by atoms with Gasteiger partial charge >= 0.3 is 0 Å². The van der Waals surface area contributed by atoms with Crippen molar-refractivity contribution in [3.63, 3.8) is 0 Å². The van der Waals surface area contributed by atoms with E-state index in [-0.39, 0.29) is 0 Å². The van der Waals surface area contributed by atoms with Crippen molar-refractivity contribution in [1.82, 2.24) is 19.2 Å². The number of para-hydroxylation sites is 2. The summed E-state index contributed by atoms with van der Waals surface area (Å²) in [6.45, 7) is 3.88. The number of anilines is 1. The van der Waals surface area contributed by atoms with Gasteiger partial charge in [0.05, 0.1) is 22.6 Å². The van der Waals surface area contributed by atoms with Gasteiger partial charge in [-0.15, -0.1) is 0 Å². The fourth-order valence-electron chi connectivity index (χ4n) is 4.18. The lowest BCUT2D eigenvalue weighted by atomic mass is 10.1. The molecule has 0 N–H and O–H groups in total. The second-order valence-corrected chi connectivity index (χ2v) is 7.16. The van der Waals surface area contributed by atoms with Gasteiger partial charge in [-0.1, -0.05) is 12.1 Å². The van der Waals surface area contributed by atoms with E-state index in [1.165, 1.54) is 0 Å². The molecule has 0 aliphatic carbocycles. The Labute approximate surface area is 157 Å². The second kappa shape index (κ2) is 6.13. The largest absolute Gasteiger partial charge is 0.356 e. The highest BCUT2D eigenvalue weighted by molar-refractivity contribution is 5.85. The van der Waals surface area contributed by atoms with Crippen LogP contribution in [0.25, 0.3) is 16.7 Å². The van der Waals surface area contributed by atoms with Crippen LogP contribution >= 0.6 is 0 Å². The van der Waals surface area contributed by atoms with Gasteiger partial charge in [0.1, 0.15) is 11.9 Å².